The van der Waals surface area contributed by atoms with E-state index in [0.29, 0.717) is 0 Å². The fourth-order valence-corrected chi connectivity index (χ4v) is 5.86. The largest absolute Gasteiger partial charge is 0.790 e. The third-order valence-electron chi connectivity index (χ3n) is 5.11. The van der Waals surface area contributed by atoms with Crippen LogP contribution < -0.4 is 25.3 Å². The number of nitrogens with zero attached hydrogens (tertiary/aromatic N) is 4. The number of nitrogens with two attached hydrogens (primary N) is 1. The van der Waals surface area contributed by atoms with E-state index >= 15 is 0 Å². The van der Waals surface area contributed by atoms with Gasteiger partial charge in [-0.3, -0.25) is 13.7 Å². The number of imidazole rings is 1. The van der Waals surface area contributed by atoms with E-state index in [-0.39, 0.29) is 23.3 Å². The van der Waals surface area contributed by atoms with E-state index in [1.807, 2.05) is 0 Å². The smallest absolute Gasteiger partial charge is 0.274 e. The summed E-state index contributed by atoms with van der Waals surface area (Å²) in [4.78, 5) is 68.3. The van der Waals surface area contributed by atoms with Crippen LogP contribution in [0.15, 0.2) is 12.7 Å². The second kappa shape index (κ2) is 12.6. The summed E-state index contributed by atoms with van der Waals surface area (Å²) in [6.45, 7) is -2.58. The average Bonchev–Trinajstić information content (AvgIpc) is 3.41. The lowest BCUT2D eigenvalue weighted by Gasteiger charge is -2.34. The Hall–Kier alpha value is -1.81. The zero-order chi connectivity index (χ0) is 30.0. The molecule has 40 heavy (non-hydrogen) atoms. The van der Waals surface area contributed by atoms with Gasteiger partial charge >= 0.3 is 0 Å². The lowest BCUT2D eigenvalue weighted by atomic mass is 10.1. The van der Waals surface area contributed by atoms with Crippen molar-refractivity contribution >= 4 is 46.7 Å². The predicted octanol–water partition coefficient (Wildman–Crippen LogP) is -5.85. The number of aldehydes is 1. The molecule has 2 aromatic rings. The number of carbonyl (C=O) groups is 1. The van der Waals surface area contributed by atoms with E-state index in [9.17, 15) is 53.4 Å². The van der Waals surface area contributed by atoms with Gasteiger partial charge in [0.15, 0.2) is 24.0 Å². The highest BCUT2D eigenvalue weighted by Crippen LogP contribution is 2.56. The van der Waals surface area contributed by atoms with Gasteiger partial charge in [0.25, 0.3) is 15.6 Å². The van der Waals surface area contributed by atoms with Crippen LogP contribution in [-0.4, -0.2) is 96.1 Å². The maximum Gasteiger partial charge on any atom is 0.274 e. The molecule has 0 saturated carbocycles. The van der Waals surface area contributed by atoms with E-state index in [1.54, 1.807) is 0 Å². The number of phosphoric acid groups is 3. The lowest BCUT2D eigenvalue weighted by molar-refractivity contribution is -0.347. The minimum absolute atomic E-state index is 0.00781. The first-order valence-electron chi connectivity index (χ1n) is 10.5. The highest BCUT2D eigenvalue weighted by molar-refractivity contribution is 7.59. The molecule has 2 unspecified atom stereocenters. The zero-order valence-electron chi connectivity index (χ0n) is 19.5. The van der Waals surface area contributed by atoms with Crippen molar-refractivity contribution in [2.45, 2.75) is 42.9 Å². The second-order valence-corrected chi connectivity index (χ2v) is 12.0. The Balaban J connectivity index is 1.70. The van der Waals surface area contributed by atoms with Crippen molar-refractivity contribution in [3.8, 4) is 0 Å². The fourth-order valence-electron chi connectivity index (χ4n) is 3.31. The molecule has 1 aliphatic heterocycles. The number of aliphatic hydroxyl groups excluding tert-OH is 4. The number of anilines is 1. The first kappa shape index (κ1) is 32.7. The molecule has 9 atom stereocenters. The van der Waals surface area contributed by atoms with E-state index in [0.717, 1.165) is 17.2 Å². The maximum atomic E-state index is 12.0. The van der Waals surface area contributed by atoms with Crippen molar-refractivity contribution < 1.29 is 81.1 Å². The number of rotatable bonds is 14. The normalized spacial score (nSPS) is 27.1. The van der Waals surface area contributed by atoms with Crippen molar-refractivity contribution in [2.24, 2.45) is 0 Å². The number of carbonyl (C=O) groups excluding carboxylic acids is 1. The Labute approximate surface area is 222 Å². The van der Waals surface area contributed by atoms with Crippen LogP contribution in [0.5, 0.6) is 0 Å². The van der Waals surface area contributed by atoms with Crippen LogP contribution in [0.3, 0.4) is 0 Å². The Morgan fingerprint density at radius 3 is 2.38 bits per heavy atom. The summed E-state index contributed by atoms with van der Waals surface area (Å²) in [6.07, 6.45) is -12.2. The molecular weight excluding hydrogens is 615 g/mol. The lowest BCUT2D eigenvalue weighted by Crippen LogP contribution is -2.41. The zero-order valence-corrected chi connectivity index (χ0v) is 22.2. The van der Waals surface area contributed by atoms with Crippen molar-refractivity contribution in [1.82, 2.24) is 19.5 Å². The van der Waals surface area contributed by atoms with Gasteiger partial charge in [0.1, 0.15) is 48.5 Å². The number of fused-ring (bicyclic) bond motifs is 1. The summed E-state index contributed by atoms with van der Waals surface area (Å²) in [6, 6.07) is 0. The van der Waals surface area contributed by atoms with Gasteiger partial charge in [0.2, 0.25) is 0 Å². The summed E-state index contributed by atoms with van der Waals surface area (Å²) >= 11 is 0. The molecule has 0 radical (unpaired) electrons. The third-order valence-corrected chi connectivity index (χ3v) is 8.14. The molecule has 0 aliphatic carbocycles. The topological polar surface area (TPSA) is 357 Å². The molecule has 1 aliphatic rings. The molecule has 25 heteroatoms. The quantitative estimate of drug-likeness (QED) is 0.0952. The van der Waals surface area contributed by atoms with E-state index in [4.69, 9.17) is 15.6 Å². The molecule has 1 saturated heterocycles. The van der Waals surface area contributed by atoms with Crippen LogP contribution >= 0.6 is 23.5 Å². The number of ether oxygens (including phenoxy) is 1. The van der Waals surface area contributed by atoms with Crippen molar-refractivity contribution in [3.05, 3.63) is 12.7 Å². The average molecular weight is 635 g/mol. The Morgan fingerprint density at radius 1 is 1.10 bits per heavy atom. The Kier molecular flexibility index (Phi) is 10.3. The molecule has 0 aromatic carbocycles. The molecule has 226 valence electrons. The SMILES string of the molecule is Nc1ncnc2c1ncn2[C@@H]1O[C@H](COP(=O)([O-])OP(=O)([O-])OC[C@@H](O)[C@@H](O)[C@@H](O)C=O)[C@@H](O)[C@H]1OP(=O)([O-])[O-]. The number of aliphatic hydroxyl groups is 4. The van der Waals surface area contributed by atoms with Gasteiger partial charge in [-0.05, 0) is 0 Å². The first-order chi connectivity index (χ1) is 18.4. The van der Waals surface area contributed by atoms with Crippen molar-refractivity contribution in [3.63, 3.8) is 0 Å². The van der Waals surface area contributed by atoms with Crippen LogP contribution in [0.1, 0.15) is 6.23 Å². The second-order valence-electron chi connectivity index (χ2n) is 7.91. The van der Waals surface area contributed by atoms with Gasteiger partial charge in [-0.2, -0.15) is 0 Å². The molecule has 2 aromatic heterocycles. The maximum absolute atomic E-state index is 12.0. The highest BCUT2D eigenvalue weighted by Gasteiger charge is 2.47. The molecule has 0 amide bonds. The molecule has 0 bridgehead atoms. The van der Waals surface area contributed by atoms with E-state index in [1.165, 1.54) is 0 Å². The summed E-state index contributed by atoms with van der Waals surface area (Å²) in [5, 5.41) is 38.5. The van der Waals surface area contributed by atoms with E-state index in [2.05, 4.69) is 32.8 Å². The summed E-state index contributed by atoms with van der Waals surface area (Å²) in [5.41, 5.74) is 5.61. The fraction of sp³-hybridized carbons (Fsp3) is 0.600. The van der Waals surface area contributed by atoms with Gasteiger partial charge in [-0.1, -0.05) is 0 Å². The van der Waals surface area contributed by atoms with Gasteiger partial charge in [-0.25, -0.2) is 19.3 Å². The first-order valence-corrected chi connectivity index (χ1v) is 14.9. The third kappa shape index (κ3) is 8.14. The molecule has 1 fully saturated rings. The van der Waals surface area contributed by atoms with Crippen LogP contribution in [0, 0.1) is 0 Å². The van der Waals surface area contributed by atoms with Gasteiger partial charge in [0, 0.05) is 0 Å². The van der Waals surface area contributed by atoms with Crippen molar-refractivity contribution in [1.29, 1.82) is 0 Å². The van der Waals surface area contributed by atoms with Crippen LogP contribution in [0.25, 0.3) is 11.2 Å². The molecule has 3 rings (SSSR count). The highest BCUT2D eigenvalue weighted by atomic mass is 31.3. The predicted molar refractivity (Wildman–Crippen MR) is 114 cm³/mol. The molecular formula is C15H20N5O17P3-4. The van der Waals surface area contributed by atoms with Gasteiger partial charge in [-0.15, -0.1) is 0 Å². The number of hydrogen-bond acceptors (Lipinski definition) is 21. The van der Waals surface area contributed by atoms with Crippen molar-refractivity contribution in [2.75, 3.05) is 18.9 Å². The van der Waals surface area contributed by atoms with Crippen LogP contribution in [-0.2, 0) is 41.1 Å². The molecule has 22 nitrogen and oxygen atoms in total. The van der Waals surface area contributed by atoms with Crippen LogP contribution in [0.4, 0.5) is 5.82 Å². The number of aromatic nitrogens is 4. The molecule has 0 spiro atoms. The summed E-state index contributed by atoms with van der Waals surface area (Å²) in [7, 11) is -17.5. The minimum atomic E-state index is -5.85. The van der Waals surface area contributed by atoms with Crippen LogP contribution in [0.2, 0.25) is 0 Å². The Bertz CT molecular complexity index is 1340. The number of nitrogen functional groups attached to an aromatic ring is 1. The summed E-state index contributed by atoms with van der Waals surface area (Å²) in [5.74, 6) is -0.103. The number of hydrogen-bond donors (Lipinski definition) is 5. The monoisotopic (exact) mass is 635 g/mol. The molecule has 3 heterocycles. The van der Waals surface area contributed by atoms with Gasteiger partial charge in [0.05, 0.1) is 27.4 Å². The number of phosphoric ester groups is 3. The Morgan fingerprint density at radius 2 is 1.75 bits per heavy atom. The molecule has 6 N–H and O–H groups in total. The van der Waals surface area contributed by atoms with E-state index < -0.39 is 79.5 Å². The summed E-state index contributed by atoms with van der Waals surface area (Å²) < 4.78 is 58.2. The van der Waals surface area contributed by atoms with Gasteiger partial charge < -0.3 is 73.4 Å². The standard InChI is InChI=1S/C15H24N5O17P3/c16-13-9-14(18-4-17-13)20(5-19-9)15-12(36-38(26,27)28)11(25)8(35-15)3-34-40(31,32)37-39(29,30)33-2-7(23)10(24)6(22)1-21/h1,4-8,10-12,15,22-25H,2-3H2,(H,29,30)(H,31,32)(H2,16,17,18)(H2,26,27,28)/p-4/t6-,7+,8+,10-,11+,12+,15+/m0/s1. The minimum Gasteiger partial charge on any atom is -0.790 e.